The Morgan fingerprint density at radius 1 is 1.19 bits per heavy atom. The fraction of sp³-hybridized carbons (Fsp3) is 0.448. The Hall–Kier alpha value is -2.55. The minimum atomic E-state index is -0.223. The third kappa shape index (κ3) is 5.81. The molecule has 4 aromatic rings. The first-order valence-corrected chi connectivity index (χ1v) is 14.8. The maximum atomic E-state index is 12.7. The number of aryl methyl sites for hydroxylation is 2. The van der Waals surface area contributed by atoms with Gasteiger partial charge in [-0.2, -0.15) is 0 Å². The van der Waals surface area contributed by atoms with E-state index in [0.29, 0.717) is 12.4 Å². The Bertz CT molecular complexity index is 1420. The van der Waals surface area contributed by atoms with Gasteiger partial charge < -0.3 is 10.1 Å². The quantitative estimate of drug-likeness (QED) is 0.201. The first kappa shape index (κ1) is 26.1. The third-order valence-electron chi connectivity index (χ3n) is 6.82. The Kier molecular flexibility index (Phi) is 7.79. The predicted octanol–water partition coefficient (Wildman–Crippen LogP) is 6.27. The second-order valence-corrected chi connectivity index (χ2v) is 12.4. The van der Waals surface area contributed by atoms with E-state index < -0.39 is 0 Å². The first-order chi connectivity index (χ1) is 17.8. The van der Waals surface area contributed by atoms with Crippen molar-refractivity contribution < 1.29 is 9.53 Å². The SMILES string of the molecule is CCCc1nc2sc3c(SCC(=O)N[C@@H](C)CCc4ccccc4)ncnc3c2c2c1COC(C)(C)C2. The molecule has 0 spiro atoms. The van der Waals surface area contributed by atoms with Crippen LogP contribution >= 0.6 is 23.1 Å². The van der Waals surface area contributed by atoms with Crippen molar-refractivity contribution in [3.63, 3.8) is 0 Å². The summed E-state index contributed by atoms with van der Waals surface area (Å²) in [5.74, 6) is 0.349. The summed E-state index contributed by atoms with van der Waals surface area (Å²) in [7, 11) is 0. The molecular formula is C29H34N4O2S2. The molecule has 3 aromatic heterocycles. The molecule has 0 fully saturated rings. The standard InChI is InChI=1S/C29H34N4O2S2/c1-5-9-22-21-15-35-29(3,4)14-20(21)24-25-26(37-27(24)33-22)28(31-17-30-25)36-16-23(34)32-18(2)12-13-19-10-7-6-8-11-19/h6-8,10-11,17-18H,5,9,12-16H2,1-4H3,(H,32,34)/t18-/m0/s1. The van der Waals surface area contributed by atoms with E-state index in [1.807, 2.05) is 6.07 Å². The topological polar surface area (TPSA) is 77.0 Å². The fourth-order valence-electron chi connectivity index (χ4n) is 4.95. The van der Waals surface area contributed by atoms with Gasteiger partial charge in [-0.25, -0.2) is 15.0 Å². The molecular weight excluding hydrogens is 500 g/mol. The molecule has 1 N–H and O–H groups in total. The lowest BCUT2D eigenvalue weighted by Gasteiger charge is -2.33. The highest BCUT2D eigenvalue weighted by molar-refractivity contribution is 8.00. The van der Waals surface area contributed by atoms with Crippen LogP contribution in [0.1, 0.15) is 62.9 Å². The number of fused-ring (bicyclic) bond motifs is 5. The van der Waals surface area contributed by atoms with Crippen LogP contribution in [0.3, 0.4) is 0 Å². The molecule has 5 rings (SSSR count). The summed E-state index contributed by atoms with van der Waals surface area (Å²) < 4.78 is 7.18. The first-order valence-electron chi connectivity index (χ1n) is 13.0. The van der Waals surface area contributed by atoms with Gasteiger partial charge in [-0.1, -0.05) is 55.4 Å². The molecule has 1 atom stereocenters. The van der Waals surface area contributed by atoms with Crippen molar-refractivity contribution in [3.05, 3.63) is 59.0 Å². The molecule has 37 heavy (non-hydrogen) atoms. The van der Waals surface area contributed by atoms with Gasteiger partial charge in [0, 0.05) is 29.1 Å². The van der Waals surface area contributed by atoms with E-state index in [9.17, 15) is 4.79 Å². The van der Waals surface area contributed by atoms with E-state index in [0.717, 1.165) is 63.3 Å². The van der Waals surface area contributed by atoms with Crippen LogP contribution in [-0.2, 0) is 35.4 Å². The minimum Gasteiger partial charge on any atom is -0.370 e. The lowest BCUT2D eigenvalue weighted by Crippen LogP contribution is -2.34. The largest absolute Gasteiger partial charge is 0.370 e. The molecule has 0 unspecified atom stereocenters. The summed E-state index contributed by atoms with van der Waals surface area (Å²) in [4.78, 5) is 28.1. The number of hydrogen-bond acceptors (Lipinski definition) is 7. The molecule has 1 aromatic carbocycles. The molecule has 0 saturated heterocycles. The van der Waals surface area contributed by atoms with E-state index in [2.05, 4.69) is 62.3 Å². The van der Waals surface area contributed by atoms with E-state index >= 15 is 0 Å². The number of pyridine rings is 1. The maximum absolute atomic E-state index is 12.7. The Morgan fingerprint density at radius 3 is 2.78 bits per heavy atom. The van der Waals surface area contributed by atoms with Crippen LogP contribution in [0, 0.1) is 0 Å². The lowest BCUT2D eigenvalue weighted by atomic mass is 9.88. The molecule has 4 heterocycles. The van der Waals surface area contributed by atoms with Gasteiger partial charge in [-0.3, -0.25) is 4.79 Å². The third-order valence-corrected chi connectivity index (χ3v) is 9.02. The summed E-state index contributed by atoms with van der Waals surface area (Å²) in [6.45, 7) is 9.13. The van der Waals surface area contributed by atoms with Crippen molar-refractivity contribution in [2.75, 3.05) is 5.75 Å². The zero-order valence-electron chi connectivity index (χ0n) is 22.0. The Morgan fingerprint density at radius 2 is 2.00 bits per heavy atom. The van der Waals surface area contributed by atoms with Gasteiger partial charge in [0.2, 0.25) is 5.91 Å². The number of aromatic nitrogens is 3. The summed E-state index contributed by atoms with van der Waals surface area (Å²) in [5, 5.41) is 5.12. The molecule has 1 aliphatic heterocycles. The van der Waals surface area contributed by atoms with Crippen LogP contribution in [-0.4, -0.2) is 38.3 Å². The molecule has 0 radical (unpaired) electrons. The van der Waals surface area contributed by atoms with Gasteiger partial charge in [-0.15, -0.1) is 11.3 Å². The average Bonchev–Trinajstić information content (AvgIpc) is 3.25. The second kappa shape index (κ2) is 11.1. The van der Waals surface area contributed by atoms with Crippen molar-refractivity contribution in [2.24, 2.45) is 0 Å². The van der Waals surface area contributed by atoms with Crippen LogP contribution in [0.25, 0.3) is 20.4 Å². The number of ether oxygens (including phenoxy) is 1. The zero-order chi connectivity index (χ0) is 26.0. The van der Waals surface area contributed by atoms with Crippen molar-refractivity contribution in [3.8, 4) is 0 Å². The van der Waals surface area contributed by atoms with Crippen LogP contribution in [0.2, 0.25) is 0 Å². The predicted molar refractivity (Wildman–Crippen MR) is 152 cm³/mol. The van der Waals surface area contributed by atoms with E-state index in [1.54, 1.807) is 17.7 Å². The van der Waals surface area contributed by atoms with Crippen LogP contribution in [0.4, 0.5) is 0 Å². The smallest absolute Gasteiger partial charge is 0.230 e. The normalized spacial score (nSPS) is 15.6. The Labute approximate surface area is 226 Å². The summed E-state index contributed by atoms with van der Waals surface area (Å²) in [6.07, 6.45) is 6.29. The van der Waals surface area contributed by atoms with Gasteiger partial charge in [0.25, 0.3) is 0 Å². The number of rotatable bonds is 9. The van der Waals surface area contributed by atoms with E-state index in [4.69, 9.17) is 14.7 Å². The number of carbonyl (C=O) groups is 1. The molecule has 0 saturated carbocycles. The highest BCUT2D eigenvalue weighted by atomic mass is 32.2. The number of benzene rings is 1. The number of carbonyl (C=O) groups excluding carboxylic acids is 1. The maximum Gasteiger partial charge on any atom is 0.230 e. The van der Waals surface area contributed by atoms with Gasteiger partial charge in [0.1, 0.15) is 16.2 Å². The number of nitrogens with one attached hydrogen (secondary N) is 1. The molecule has 1 aliphatic rings. The van der Waals surface area contributed by atoms with Crippen molar-refractivity contribution in [1.29, 1.82) is 0 Å². The number of amides is 1. The number of hydrogen-bond donors (Lipinski definition) is 1. The molecule has 1 amide bonds. The average molecular weight is 535 g/mol. The zero-order valence-corrected chi connectivity index (χ0v) is 23.6. The molecule has 8 heteroatoms. The number of thioether (sulfide) groups is 1. The fourth-order valence-corrected chi connectivity index (χ4v) is 7.01. The highest BCUT2D eigenvalue weighted by Gasteiger charge is 2.31. The monoisotopic (exact) mass is 534 g/mol. The summed E-state index contributed by atoms with van der Waals surface area (Å²) in [5.41, 5.74) is 5.69. The van der Waals surface area contributed by atoms with Crippen molar-refractivity contribution in [1.82, 2.24) is 20.3 Å². The Balaban J connectivity index is 1.35. The summed E-state index contributed by atoms with van der Waals surface area (Å²) in [6, 6.07) is 10.5. The van der Waals surface area contributed by atoms with Crippen molar-refractivity contribution in [2.45, 2.75) is 83.1 Å². The van der Waals surface area contributed by atoms with Gasteiger partial charge >= 0.3 is 0 Å². The molecule has 0 bridgehead atoms. The lowest BCUT2D eigenvalue weighted by molar-refractivity contribution is -0.119. The second-order valence-electron chi connectivity index (χ2n) is 10.4. The van der Waals surface area contributed by atoms with Crippen molar-refractivity contribution >= 4 is 49.4 Å². The molecule has 0 aliphatic carbocycles. The van der Waals surface area contributed by atoms with E-state index in [1.165, 1.54) is 28.5 Å². The van der Waals surface area contributed by atoms with Crippen LogP contribution in [0.5, 0.6) is 0 Å². The van der Waals surface area contributed by atoms with E-state index in [-0.39, 0.29) is 17.6 Å². The van der Waals surface area contributed by atoms with Crippen LogP contribution < -0.4 is 5.32 Å². The summed E-state index contributed by atoms with van der Waals surface area (Å²) >= 11 is 3.12. The van der Waals surface area contributed by atoms with Gasteiger partial charge in [0.15, 0.2) is 0 Å². The number of nitrogens with zero attached hydrogens (tertiary/aromatic N) is 3. The number of thiophene rings is 1. The van der Waals surface area contributed by atoms with Gasteiger partial charge in [0.05, 0.1) is 28.2 Å². The van der Waals surface area contributed by atoms with Gasteiger partial charge in [-0.05, 0) is 51.2 Å². The molecule has 194 valence electrons. The van der Waals surface area contributed by atoms with Crippen LogP contribution in [0.15, 0.2) is 41.7 Å². The highest BCUT2D eigenvalue weighted by Crippen LogP contribution is 2.42. The minimum absolute atomic E-state index is 0.0260. The molecule has 6 nitrogen and oxygen atoms in total.